The van der Waals surface area contributed by atoms with Crippen LogP contribution < -0.4 is 15.5 Å². The lowest BCUT2D eigenvalue weighted by Gasteiger charge is -2.32. The number of carbonyl (C=O) groups is 1. The van der Waals surface area contributed by atoms with Crippen molar-refractivity contribution in [3.05, 3.63) is 24.3 Å². The molecule has 0 bridgehead atoms. The van der Waals surface area contributed by atoms with Gasteiger partial charge < -0.3 is 15.3 Å². The van der Waals surface area contributed by atoms with E-state index in [1.807, 2.05) is 38.1 Å². The Morgan fingerprint density at radius 1 is 1.29 bits per heavy atom. The second kappa shape index (κ2) is 8.38. The Morgan fingerprint density at radius 2 is 1.92 bits per heavy atom. The standard InChI is InChI=1S/C19H30N3O2/c1-15-8-11-22(12-9-15)17-6-4-16(5-7-17)21-18(24)20-14-19(2,3)10-13-23/h4-7,15,23H,8-14H2,1-3H3,(H,20,24). The van der Waals surface area contributed by atoms with Gasteiger partial charge in [0, 0.05) is 31.9 Å². The Labute approximate surface area is 145 Å². The van der Waals surface area contributed by atoms with Crippen molar-refractivity contribution in [1.82, 2.24) is 10.6 Å². The van der Waals surface area contributed by atoms with Crippen molar-refractivity contribution in [2.75, 3.05) is 31.1 Å². The highest BCUT2D eigenvalue weighted by Gasteiger charge is 2.19. The molecule has 5 nitrogen and oxygen atoms in total. The number of aliphatic hydroxyl groups excluding tert-OH is 1. The van der Waals surface area contributed by atoms with Gasteiger partial charge in [0.25, 0.3) is 0 Å². The summed E-state index contributed by atoms with van der Waals surface area (Å²) in [6, 6.07) is 7.54. The van der Waals surface area contributed by atoms with E-state index in [2.05, 4.69) is 22.5 Å². The topological polar surface area (TPSA) is 66.7 Å². The minimum Gasteiger partial charge on any atom is -0.396 e. The van der Waals surface area contributed by atoms with Crippen molar-refractivity contribution in [3.63, 3.8) is 0 Å². The van der Waals surface area contributed by atoms with Crippen LogP contribution in [-0.4, -0.2) is 37.4 Å². The molecule has 0 saturated carbocycles. The fraction of sp³-hybridized carbons (Fsp3) is 0.632. The van der Waals surface area contributed by atoms with Crippen LogP contribution >= 0.6 is 0 Å². The van der Waals surface area contributed by atoms with E-state index in [9.17, 15) is 4.79 Å². The first-order valence-corrected chi connectivity index (χ1v) is 8.85. The number of nitrogens with zero attached hydrogens (tertiary/aromatic N) is 2. The number of hydrogen-bond acceptors (Lipinski definition) is 3. The minimum absolute atomic E-state index is 0.122. The number of anilines is 1. The molecular weight excluding hydrogens is 302 g/mol. The molecule has 1 aliphatic heterocycles. The molecule has 5 heteroatoms. The van der Waals surface area contributed by atoms with Crippen LogP contribution in [0.5, 0.6) is 0 Å². The lowest BCUT2D eigenvalue weighted by atomic mass is 9.90. The highest BCUT2D eigenvalue weighted by atomic mass is 16.3. The van der Waals surface area contributed by atoms with Crippen molar-refractivity contribution < 1.29 is 9.90 Å². The van der Waals surface area contributed by atoms with Crippen LogP contribution in [0.4, 0.5) is 16.2 Å². The molecule has 2 rings (SSSR count). The zero-order valence-corrected chi connectivity index (χ0v) is 15.1. The first kappa shape index (κ1) is 18.6. The monoisotopic (exact) mass is 332 g/mol. The summed E-state index contributed by atoms with van der Waals surface area (Å²) >= 11 is 0. The van der Waals surface area contributed by atoms with Crippen LogP contribution in [0.3, 0.4) is 0 Å². The van der Waals surface area contributed by atoms with Gasteiger partial charge in [0.05, 0.1) is 5.69 Å². The SMILES string of the molecule is CC1CCN(c2ccc([N]C(=O)NCC(C)(C)CCO)cc2)CC1. The third-order valence-electron chi connectivity index (χ3n) is 4.74. The molecule has 0 atom stereocenters. The summed E-state index contributed by atoms with van der Waals surface area (Å²) in [7, 11) is 0. The average Bonchev–Trinajstić information content (AvgIpc) is 2.55. The molecular formula is C19H30N3O2. The van der Waals surface area contributed by atoms with Gasteiger partial charge in [-0.05, 0) is 54.9 Å². The maximum absolute atomic E-state index is 11.9. The lowest BCUT2D eigenvalue weighted by Crippen LogP contribution is -2.36. The van der Waals surface area contributed by atoms with E-state index in [-0.39, 0.29) is 18.1 Å². The van der Waals surface area contributed by atoms with Gasteiger partial charge in [-0.15, -0.1) is 0 Å². The predicted octanol–water partition coefficient (Wildman–Crippen LogP) is 3.28. The fourth-order valence-electron chi connectivity index (χ4n) is 2.87. The van der Waals surface area contributed by atoms with E-state index in [1.165, 1.54) is 18.5 Å². The van der Waals surface area contributed by atoms with Crippen molar-refractivity contribution >= 4 is 17.4 Å². The quantitative estimate of drug-likeness (QED) is 0.840. The first-order chi connectivity index (χ1) is 11.4. The second-order valence-corrected chi connectivity index (χ2v) is 7.59. The molecule has 1 aliphatic rings. The van der Waals surface area contributed by atoms with E-state index in [0.717, 1.165) is 19.0 Å². The molecule has 1 radical (unpaired) electrons. The summed E-state index contributed by atoms with van der Waals surface area (Å²) in [5.74, 6) is 0.814. The largest absolute Gasteiger partial charge is 0.396 e. The van der Waals surface area contributed by atoms with E-state index in [4.69, 9.17) is 5.11 Å². The second-order valence-electron chi connectivity index (χ2n) is 7.59. The van der Waals surface area contributed by atoms with Crippen LogP contribution in [-0.2, 0) is 0 Å². The zero-order valence-electron chi connectivity index (χ0n) is 15.1. The van der Waals surface area contributed by atoms with Gasteiger partial charge in [-0.25, -0.2) is 4.79 Å². The highest BCUT2D eigenvalue weighted by Crippen LogP contribution is 2.24. The molecule has 1 saturated heterocycles. The number of amides is 2. The van der Waals surface area contributed by atoms with Crippen LogP contribution in [0.1, 0.15) is 40.0 Å². The van der Waals surface area contributed by atoms with E-state index < -0.39 is 0 Å². The average molecular weight is 332 g/mol. The molecule has 0 spiro atoms. The summed E-state index contributed by atoms with van der Waals surface area (Å²) in [6.07, 6.45) is 3.12. The van der Waals surface area contributed by atoms with Gasteiger partial charge in [0.2, 0.25) is 0 Å². The molecule has 1 aromatic rings. The number of rotatable bonds is 6. The summed E-state index contributed by atoms with van der Waals surface area (Å²) < 4.78 is 0. The first-order valence-electron chi connectivity index (χ1n) is 8.85. The van der Waals surface area contributed by atoms with Gasteiger partial charge in [-0.3, -0.25) is 0 Å². The zero-order chi connectivity index (χ0) is 17.6. The molecule has 0 unspecified atom stereocenters. The third-order valence-corrected chi connectivity index (χ3v) is 4.74. The van der Waals surface area contributed by atoms with Crippen LogP contribution in [0.25, 0.3) is 0 Å². The van der Waals surface area contributed by atoms with Crippen molar-refractivity contribution in [2.24, 2.45) is 11.3 Å². The molecule has 24 heavy (non-hydrogen) atoms. The number of aliphatic hydroxyl groups is 1. The third kappa shape index (κ3) is 5.71. The number of piperidine rings is 1. The highest BCUT2D eigenvalue weighted by molar-refractivity contribution is 5.79. The normalized spacial score (nSPS) is 16.1. The Morgan fingerprint density at radius 3 is 2.50 bits per heavy atom. The van der Waals surface area contributed by atoms with Gasteiger partial charge in [0.15, 0.2) is 0 Å². The maximum atomic E-state index is 11.9. The summed E-state index contributed by atoms with van der Waals surface area (Å²) in [5.41, 5.74) is 1.74. The number of nitrogens with one attached hydrogen (secondary N) is 1. The molecule has 2 N–H and O–H groups in total. The molecule has 1 aromatic carbocycles. The maximum Gasteiger partial charge on any atom is 0.341 e. The van der Waals surface area contributed by atoms with E-state index >= 15 is 0 Å². The number of urea groups is 1. The summed E-state index contributed by atoms with van der Waals surface area (Å²) in [5, 5.41) is 15.9. The van der Waals surface area contributed by atoms with Crippen molar-refractivity contribution in [2.45, 2.75) is 40.0 Å². The van der Waals surface area contributed by atoms with Crippen LogP contribution in [0.2, 0.25) is 0 Å². The predicted molar refractivity (Wildman–Crippen MR) is 97.7 cm³/mol. The van der Waals surface area contributed by atoms with Crippen molar-refractivity contribution in [1.29, 1.82) is 0 Å². The number of benzene rings is 1. The van der Waals surface area contributed by atoms with Crippen LogP contribution in [0, 0.1) is 11.3 Å². The summed E-state index contributed by atoms with van der Waals surface area (Å²) in [4.78, 5) is 14.3. The number of carbonyl (C=O) groups excluding carboxylic acids is 1. The van der Waals surface area contributed by atoms with Gasteiger partial charge in [-0.1, -0.05) is 20.8 Å². The number of hydrogen-bond donors (Lipinski definition) is 2. The Balaban J connectivity index is 1.82. The van der Waals surface area contributed by atoms with Crippen LogP contribution in [0.15, 0.2) is 24.3 Å². The van der Waals surface area contributed by atoms with Crippen molar-refractivity contribution in [3.8, 4) is 0 Å². The molecule has 1 fully saturated rings. The molecule has 0 aromatic heterocycles. The summed E-state index contributed by atoms with van der Waals surface area (Å²) in [6.45, 7) is 9.14. The van der Waals surface area contributed by atoms with E-state index in [1.54, 1.807) is 0 Å². The van der Waals surface area contributed by atoms with Gasteiger partial charge in [0.1, 0.15) is 0 Å². The Kier molecular flexibility index (Phi) is 6.49. The van der Waals surface area contributed by atoms with E-state index in [0.29, 0.717) is 18.7 Å². The Bertz CT molecular complexity index is 520. The fourth-order valence-corrected chi connectivity index (χ4v) is 2.87. The van der Waals surface area contributed by atoms with Gasteiger partial charge in [-0.2, -0.15) is 5.32 Å². The minimum atomic E-state index is -0.333. The molecule has 1 heterocycles. The smallest absolute Gasteiger partial charge is 0.341 e. The Hall–Kier alpha value is -1.75. The van der Waals surface area contributed by atoms with Gasteiger partial charge >= 0.3 is 6.03 Å². The molecule has 2 amide bonds. The molecule has 133 valence electrons. The molecule has 0 aliphatic carbocycles. The lowest BCUT2D eigenvalue weighted by molar-refractivity contribution is 0.202.